The molecule has 0 fully saturated rings. The average Bonchev–Trinajstić information content (AvgIpc) is 2.92. The number of aryl methyl sites for hydroxylation is 2. The Morgan fingerprint density at radius 2 is 1.95 bits per heavy atom. The first-order valence-electron chi connectivity index (χ1n) is 7.19. The van der Waals surface area contributed by atoms with E-state index in [9.17, 15) is 4.79 Å². The molecule has 2 nitrogen and oxygen atoms in total. The van der Waals surface area contributed by atoms with Gasteiger partial charge in [-0.3, -0.25) is 4.79 Å². The van der Waals surface area contributed by atoms with Gasteiger partial charge in [-0.25, -0.2) is 0 Å². The van der Waals surface area contributed by atoms with Crippen LogP contribution in [0.2, 0.25) is 0 Å². The van der Waals surface area contributed by atoms with Crippen molar-refractivity contribution in [1.29, 1.82) is 0 Å². The molecule has 3 heteroatoms. The lowest BCUT2D eigenvalue weighted by Crippen LogP contribution is -2.30. The number of hydrogen-bond acceptors (Lipinski definition) is 1. The van der Waals surface area contributed by atoms with Gasteiger partial charge in [0.2, 0.25) is 0 Å². The van der Waals surface area contributed by atoms with E-state index in [1.807, 2.05) is 37.1 Å². The molecular weight excluding hydrogens is 326 g/mol. The zero-order chi connectivity index (χ0) is 15.0. The molecule has 0 saturated heterocycles. The number of carbonyl (C=O) groups is 1. The molecule has 1 aliphatic rings. The molecule has 0 saturated carbocycles. The number of benzene rings is 2. The van der Waals surface area contributed by atoms with Crippen molar-refractivity contribution in [3.63, 3.8) is 0 Å². The van der Waals surface area contributed by atoms with E-state index in [2.05, 4.69) is 40.2 Å². The molecule has 2 aromatic rings. The first-order valence-corrected chi connectivity index (χ1v) is 7.99. The summed E-state index contributed by atoms with van der Waals surface area (Å²) in [4.78, 5) is 14.7. The molecule has 1 aliphatic carbocycles. The van der Waals surface area contributed by atoms with Crippen molar-refractivity contribution in [2.75, 3.05) is 7.05 Å². The Morgan fingerprint density at radius 3 is 2.76 bits per heavy atom. The average molecular weight is 344 g/mol. The molecule has 0 aliphatic heterocycles. The Labute approximate surface area is 133 Å². The molecule has 2 aromatic carbocycles. The van der Waals surface area contributed by atoms with E-state index in [-0.39, 0.29) is 11.9 Å². The Hall–Kier alpha value is -1.61. The van der Waals surface area contributed by atoms with Crippen LogP contribution in [0, 0.1) is 6.92 Å². The van der Waals surface area contributed by atoms with Crippen molar-refractivity contribution < 1.29 is 4.79 Å². The SMILES string of the molecule is Cc1cccc(C(=O)N(C)C2CCc3ccccc32)c1Br. The Morgan fingerprint density at radius 1 is 1.19 bits per heavy atom. The Bertz CT molecular complexity index is 695. The maximum atomic E-state index is 12.8. The highest BCUT2D eigenvalue weighted by Gasteiger charge is 2.29. The lowest BCUT2D eigenvalue weighted by molar-refractivity contribution is 0.0729. The van der Waals surface area contributed by atoms with Crippen LogP contribution in [0.4, 0.5) is 0 Å². The second-order valence-electron chi connectivity index (χ2n) is 5.61. The molecule has 0 spiro atoms. The van der Waals surface area contributed by atoms with Gasteiger partial charge in [0.15, 0.2) is 0 Å². The molecular formula is C18H18BrNO. The summed E-state index contributed by atoms with van der Waals surface area (Å²) in [6.45, 7) is 2.01. The highest BCUT2D eigenvalue weighted by Crippen LogP contribution is 2.36. The standard InChI is InChI=1S/C18H18BrNO/c1-12-6-5-9-15(17(12)19)18(21)20(2)16-11-10-13-7-3-4-8-14(13)16/h3-9,16H,10-11H2,1-2H3. The fourth-order valence-corrected chi connectivity index (χ4v) is 3.52. The molecule has 0 heterocycles. The van der Waals surface area contributed by atoms with Crippen LogP contribution < -0.4 is 0 Å². The number of carbonyl (C=O) groups excluding carboxylic acids is 1. The third kappa shape index (κ3) is 2.51. The summed E-state index contributed by atoms with van der Waals surface area (Å²) in [6.07, 6.45) is 2.05. The highest BCUT2D eigenvalue weighted by molar-refractivity contribution is 9.10. The van der Waals surface area contributed by atoms with Crippen molar-refractivity contribution in [3.8, 4) is 0 Å². The molecule has 21 heavy (non-hydrogen) atoms. The molecule has 1 unspecified atom stereocenters. The predicted molar refractivity (Wildman–Crippen MR) is 88.5 cm³/mol. The number of rotatable bonds is 2. The smallest absolute Gasteiger partial charge is 0.255 e. The van der Waals surface area contributed by atoms with Crippen LogP contribution in [-0.4, -0.2) is 17.9 Å². The molecule has 1 atom stereocenters. The third-order valence-electron chi connectivity index (χ3n) is 4.31. The largest absolute Gasteiger partial charge is 0.335 e. The quantitative estimate of drug-likeness (QED) is 0.785. The van der Waals surface area contributed by atoms with Gasteiger partial charge in [0.1, 0.15) is 0 Å². The van der Waals surface area contributed by atoms with Crippen LogP contribution in [0.25, 0.3) is 0 Å². The summed E-state index contributed by atoms with van der Waals surface area (Å²) in [5.41, 5.74) is 4.48. The normalized spacial score (nSPS) is 16.6. The first-order chi connectivity index (χ1) is 10.1. The maximum Gasteiger partial charge on any atom is 0.255 e. The van der Waals surface area contributed by atoms with Crippen molar-refractivity contribution in [2.24, 2.45) is 0 Å². The lowest BCUT2D eigenvalue weighted by Gasteiger charge is -2.26. The first kappa shape index (κ1) is 14.3. The molecule has 0 aromatic heterocycles. The number of amides is 1. The van der Waals surface area contributed by atoms with Crippen molar-refractivity contribution in [2.45, 2.75) is 25.8 Å². The van der Waals surface area contributed by atoms with Gasteiger partial charge in [-0.2, -0.15) is 0 Å². The minimum Gasteiger partial charge on any atom is -0.335 e. The number of halogens is 1. The molecule has 0 radical (unpaired) electrons. The maximum absolute atomic E-state index is 12.8. The van der Waals surface area contributed by atoms with E-state index in [1.54, 1.807) is 0 Å². The minimum atomic E-state index is 0.0762. The summed E-state index contributed by atoms with van der Waals surface area (Å²) in [5.74, 6) is 0.0762. The van der Waals surface area contributed by atoms with Crippen LogP contribution in [0.3, 0.4) is 0 Å². The highest BCUT2D eigenvalue weighted by atomic mass is 79.9. The van der Waals surface area contributed by atoms with E-state index < -0.39 is 0 Å². The van der Waals surface area contributed by atoms with E-state index >= 15 is 0 Å². The fourth-order valence-electron chi connectivity index (χ4n) is 3.08. The molecule has 3 rings (SSSR count). The van der Waals surface area contributed by atoms with E-state index in [0.717, 1.165) is 28.4 Å². The van der Waals surface area contributed by atoms with Crippen LogP contribution >= 0.6 is 15.9 Å². The second-order valence-corrected chi connectivity index (χ2v) is 6.40. The van der Waals surface area contributed by atoms with E-state index in [1.165, 1.54) is 11.1 Å². The van der Waals surface area contributed by atoms with Crippen LogP contribution in [-0.2, 0) is 6.42 Å². The van der Waals surface area contributed by atoms with Crippen LogP contribution in [0.1, 0.15) is 39.5 Å². The van der Waals surface area contributed by atoms with Gasteiger partial charge in [0.05, 0.1) is 11.6 Å². The third-order valence-corrected chi connectivity index (χ3v) is 5.36. The molecule has 108 valence electrons. The van der Waals surface area contributed by atoms with Gasteiger partial charge < -0.3 is 4.90 Å². The minimum absolute atomic E-state index is 0.0762. The van der Waals surface area contributed by atoms with Gasteiger partial charge >= 0.3 is 0 Å². The topological polar surface area (TPSA) is 20.3 Å². The van der Waals surface area contributed by atoms with Gasteiger partial charge in [-0.1, -0.05) is 36.4 Å². The molecule has 1 amide bonds. The van der Waals surface area contributed by atoms with Crippen molar-refractivity contribution in [1.82, 2.24) is 4.90 Å². The van der Waals surface area contributed by atoms with Crippen LogP contribution in [0.15, 0.2) is 46.9 Å². The summed E-state index contributed by atoms with van der Waals surface area (Å²) in [5, 5.41) is 0. The number of nitrogens with zero attached hydrogens (tertiary/aromatic N) is 1. The zero-order valence-electron chi connectivity index (χ0n) is 12.3. The molecule has 0 bridgehead atoms. The summed E-state index contributed by atoms with van der Waals surface area (Å²) >= 11 is 3.54. The van der Waals surface area contributed by atoms with Gasteiger partial charge in [0, 0.05) is 11.5 Å². The van der Waals surface area contributed by atoms with Gasteiger partial charge in [0.25, 0.3) is 5.91 Å². The fraction of sp³-hybridized carbons (Fsp3) is 0.278. The van der Waals surface area contributed by atoms with Crippen LogP contribution in [0.5, 0.6) is 0 Å². The summed E-state index contributed by atoms with van der Waals surface area (Å²) in [6, 6.07) is 14.4. The summed E-state index contributed by atoms with van der Waals surface area (Å²) < 4.78 is 0.896. The number of fused-ring (bicyclic) bond motifs is 1. The van der Waals surface area contributed by atoms with Gasteiger partial charge in [-0.05, 0) is 58.5 Å². The molecule has 0 N–H and O–H groups in total. The monoisotopic (exact) mass is 343 g/mol. The van der Waals surface area contributed by atoms with Crippen molar-refractivity contribution in [3.05, 3.63) is 69.2 Å². The van der Waals surface area contributed by atoms with E-state index in [0.29, 0.717) is 0 Å². The second kappa shape index (κ2) is 5.64. The summed E-state index contributed by atoms with van der Waals surface area (Å²) in [7, 11) is 1.91. The zero-order valence-corrected chi connectivity index (χ0v) is 13.9. The van der Waals surface area contributed by atoms with E-state index in [4.69, 9.17) is 0 Å². The lowest BCUT2D eigenvalue weighted by atomic mass is 10.1. The van der Waals surface area contributed by atoms with Gasteiger partial charge in [-0.15, -0.1) is 0 Å². The predicted octanol–water partition coefficient (Wildman–Crippen LogP) is 4.52. The number of hydrogen-bond donors (Lipinski definition) is 0. The Kier molecular flexibility index (Phi) is 3.85. The van der Waals surface area contributed by atoms with Crippen molar-refractivity contribution >= 4 is 21.8 Å². The Balaban J connectivity index is 1.91.